The van der Waals surface area contributed by atoms with Crippen molar-refractivity contribution in [3.63, 3.8) is 0 Å². The van der Waals surface area contributed by atoms with Gasteiger partial charge in [-0.3, -0.25) is 24.0 Å². The maximum absolute atomic E-state index is 13.4. The van der Waals surface area contributed by atoms with Crippen LogP contribution in [0.3, 0.4) is 0 Å². The van der Waals surface area contributed by atoms with E-state index in [4.69, 9.17) is 0 Å². The third-order valence-electron chi connectivity index (χ3n) is 9.09. The molecule has 1 atom stereocenters. The molecule has 1 saturated heterocycles. The van der Waals surface area contributed by atoms with Crippen molar-refractivity contribution in [1.29, 1.82) is 0 Å². The van der Waals surface area contributed by atoms with Gasteiger partial charge in [-0.2, -0.15) is 5.10 Å². The van der Waals surface area contributed by atoms with Gasteiger partial charge in [-0.25, -0.2) is 0 Å². The van der Waals surface area contributed by atoms with E-state index in [1.807, 2.05) is 4.90 Å². The van der Waals surface area contributed by atoms with Gasteiger partial charge >= 0.3 is 0 Å². The first-order chi connectivity index (χ1) is 17.4. The lowest BCUT2D eigenvalue weighted by Gasteiger charge is -2.41. The van der Waals surface area contributed by atoms with Crippen molar-refractivity contribution < 1.29 is 14.4 Å². The fourth-order valence-electron chi connectivity index (χ4n) is 6.49. The Bertz CT molecular complexity index is 970. The normalized spacial score (nSPS) is 27.0. The van der Waals surface area contributed by atoms with Gasteiger partial charge in [-0.15, -0.1) is 0 Å². The number of nitrogens with zero attached hydrogens (tertiary/aromatic N) is 5. The van der Waals surface area contributed by atoms with Crippen molar-refractivity contribution in [3.8, 4) is 0 Å². The molecular weight excluding hydrogens is 456 g/mol. The maximum Gasteiger partial charge on any atom is 0.274 e. The minimum atomic E-state index is -1.05. The summed E-state index contributed by atoms with van der Waals surface area (Å²) in [6.07, 6.45) is 13.1. The highest BCUT2D eigenvalue weighted by Crippen LogP contribution is 2.28. The summed E-state index contributed by atoms with van der Waals surface area (Å²) in [4.78, 5) is 45.9. The second-order valence-corrected chi connectivity index (χ2v) is 11.5. The number of carbonyl (C=O) groups excluding carboxylic acids is 3. The first kappa shape index (κ1) is 25.2. The van der Waals surface area contributed by atoms with Crippen LogP contribution < -0.4 is 5.32 Å². The molecule has 36 heavy (non-hydrogen) atoms. The number of piperazine rings is 1. The average Bonchev–Trinajstić information content (AvgIpc) is 3.15. The van der Waals surface area contributed by atoms with Crippen LogP contribution in [0.1, 0.15) is 98.5 Å². The molecule has 198 valence electrons. The number of rotatable bonds is 4. The van der Waals surface area contributed by atoms with E-state index >= 15 is 0 Å². The molecule has 3 heterocycles. The van der Waals surface area contributed by atoms with Crippen molar-refractivity contribution in [2.24, 2.45) is 0 Å². The molecule has 0 spiro atoms. The molecule has 1 aromatic heterocycles. The number of likely N-dealkylation sites (N-methyl/N-ethyl adjacent to an activating group) is 1. The van der Waals surface area contributed by atoms with E-state index in [1.54, 1.807) is 24.7 Å². The molecule has 3 amide bonds. The van der Waals surface area contributed by atoms with Crippen LogP contribution in [0.4, 0.5) is 0 Å². The van der Waals surface area contributed by atoms with Crippen LogP contribution in [-0.2, 0) is 11.3 Å². The third-order valence-corrected chi connectivity index (χ3v) is 9.09. The molecule has 9 heteroatoms. The second-order valence-electron chi connectivity index (χ2n) is 11.5. The quantitative estimate of drug-likeness (QED) is 0.645. The Labute approximate surface area is 214 Å². The number of carbonyl (C=O) groups is 3. The van der Waals surface area contributed by atoms with E-state index < -0.39 is 5.54 Å². The van der Waals surface area contributed by atoms with Crippen molar-refractivity contribution in [2.75, 3.05) is 33.2 Å². The molecule has 3 fully saturated rings. The molecule has 5 rings (SSSR count). The van der Waals surface area contributed by atoms with Crippen LogP contribution in [0.15, 0.2) is 6.07 Å². The van der Waals surface area contributed by atoms with E-state index in [2.05, 4.69) is 15.3 Å². The lowest BCUT2D eigenvalue weighted by atomic mass is 9.94. The zero-order chi connectivity index (χ0) is 25.3. The van der Waals surface area contributed by atoms with E-state index in [0.29, 0.717) is 30.5 Å². The minimum Gasteiger partial charge on any atom is -0.351 e. The van der Waals surface area contributed by atoms with Crippen LogP contribution in [0.2, 0.25) is 0 Å². The predicted molar refractivity (Wildman–Crippen MR) is 137 cm³/mol. The van der Waals surface area contributed by atoms with E-state index in [1.165, 1.54) is 49.8 Å². The van der Waals surface area contributed by atoms with Gasteiger partial charge in [-0.05, 0) is 32.6 Å². The Balaban J connectivity index is 1.25. The molecular formula is C27H42N6O3. The monoisotopic (exact) mass is 498 g/mol. The minimum absolute atomic E-state index is 0.125. The van der Waals surface area contributed by atoms with E-state index in [-0.39, 0.29) is 30.3 Å². The van der Waals surface area contributed by atoms with Crippen LogP contribution in [0.25, 0.3) is 0 Å². The van der Waals surface area contributed by atoms with Gasteiger partial charge in [0, 0.05) is 51.4 Å². The number of hydrogen-bond donors (Lipinski definition) is 1. The first-order valence-corrected chi connectivity index (χ1v) is 14.1. The molecule has 1 N–H and O–H groups in total. The summed E-state index contributed by atoms with van der Waals surface area (Å²) < 4.78 is 1.57. The zero-order valence-corrected chi connectivity index (χ0v) is 22.0. The highest BCUT2D eigenvalue weighted by Gasteiger charge is 2.47. The van der Waals surface area contributed by atoms with Gasteiger partial charge in [0.25, 0.3) is 11.8 Å². The van der Waals surface area contributed by atoms with Gasteiger partial charge in [0.15, 0.2) is 5.69 Å². The highest BCUT2D eigenvalue weighted by atomic mass is 16.2. The first-order valence-electron chi connectivity index (χ1n) is 14.1. The zero-order valence-electron chi connectivity index (χ0n) is 22.0. The molecule has 2 saturated carbocycles. The maximum atomic E-state index is 13.4. The van der Waals surface area contributed by atoms with Gasteiger partial charge < -0.3 is 15.1 Å². The summed E-state index contributed by atoms with van der Waals surface area (Å²) in [7, 11) is 1.68. The van der Waals surface area contributed by atoms with Crippen LogP contribution in [0, 0.1) is 0 Å². The predicted octanol–water partition coefficient (Wildman–Crippen LogP) is 2.66. The Morgan fingerprint density at radius 1 is 0.944 bits per heavy atom. The SMILES string of the molecule is CN1C(=O)c2cc(C(=O)N3CCN(C4CCCCC4)CC3)nn2C[C@@]1(C)C(=O)NC1CCCCCC1. The largest absolute Gasteiger partial charge is 0.351 e. The molecule has 9 nitrogen and oxygen atoms in total. The van der Waals surface area contributed by atoms with Crippen molar-refractivity contribution in [1.82, 2.24) is 29.8 Å². The molecule has 2 aliphatic carbocycles. The highest BCUT2D eigenvalue weighted by molar-refractivity contribution is 6.01. The fraction of sp³-hybridized carbons (Fsp3) is 0.778. The van der Waals surface area contributed by atoms with Crippen LogP contribution in [-0.4, -0.2) is 93.1 Å². The Hall–Kier alpha value is -2.42. The van der Waals surface area contributed by atoms with Gasteiger partial charge in [0.1, 0.15) is 11.2 Å². The van der Waals surface area contributed by atoms with Gasteiger partial charge in [0.05, 0.1) is 6.54 Å². The Morgan fingerprint density at radius 2 is 1.56 bits per heavy atom. The second kappa shape index (κ2) is 10.5. The van der Waals surface area contributed by atoms with E-state index in [0.717, 1.165) is 38.8 Å². The Kier molecular flexibility index (Phi) is 7.37. The molecule has 0 unspecified atom stereocenters. The smallest absolute Gasteiger partial charge is 0.274 e. The molecule has 2 aliphatic heterocycles. The molecule has 0 aromatic carbocycles. The summed E-state index contributed by atoms with van der Waals surface area (Å²) in [5, 5.41) is 7.75. The standard InChI is InChI=1S/C27H42N6O3/c1-27(26(36)28-20-10-6-3-4-7-11-20)19-33-23(25(35)30(27)2)18-22(29-33)24(34)32-16-14-31(15-17-32)21-12-8-5-9-13-21/h18,20-21H,3-17,19H2,1-2H3,(H,28,36)/t27-/m0/s1. The van der Waals surface area contributed by atoms with Crippen molar-refractivity contribution in [3.05, 3.63) is 17.5 Å². The number of hydrogen-bond acceptors (Lipinski definition) is 5. The molecule has 0 bridgehead atoms. The third kappa shape index (κ3) is 4.91. The average molecular weight is 499 g/mol. The van der Waals surface area contributed by atoms with Gasteiger partial charge in [0.2, 0.25) is 5.91 Å². The lowest BCUT2D eigenvalue weighted by Crippen LogP contribution is -2.63. The molecule has 0 radical (unpaired) electrons. The summed E-state index contributed by atoms with van der Waals surface area (Å²) in [5.41, 5.74) is -0.373. The lowest BCUT2D eigenvalue weighted by molar-refractivity contribution is -0.133. The van der Waals surface area contributed by atoms with Crippen LogP contribution >= 0.6 is 0 Å². The fourth-order valence-corrected chi connectivity index (χ4v) is 6.49. The Morgan fingerprint density at radius 3 is 2.22 bits per heavy atom. The number of fused-ring (bicyclic) bond motifs is 1. The molecule has 4 aliphatic rings. The topological polar surface area (TPSA) is 90.8 Å². The number of amides is 3. The van der Waals surface area contributed by atoms with Gasteiger partial charge in [-0.1, -0.05) is 44.9 Å². The van der Waals surface area contributed by atoms with Crippen molar-refractivity contribution in [2.45, 2.75) is 102 Å². The van der Waals surface area contributed by atoms with E-state index in [9.17, 15) is 14.4 Å². The number of aromatic nitrogens is 2. The van der Waals surface area contributed by atoms with Crippen molar-refractivity contribution >= 4 is 17.7 Å². The summed E-state index contributed by atoms with van der Waals surface area (Å²) in [6, 6.07) is 2.42. The van der Waals surface area contributed by atoms with Crippen LogP contribution in [0.5, 0.6) is 0 Å². The summed E-state index contributed by atoms with van der Waals surface area (Å²) in [6.45, 7) is 5.20. The summed E-state index contributed by atoms with van der Waals surface area (Å²) in [5.74, 6) is -0.535. The molecule has 1 aromatic rings. The summed E-state index contributed by atoms with van der Waals surface area (Å²) >= 11 is 0. The number of nitrogens with one attached hydrogen (secondary N) is 1.